The Kier molecular flexibility index (Phi) is 6.04. The molecule has 1 amide bonds. The van der Waals surface area contributed by atoms with Gasteiger partial charge in [0.05, 0.1) is 0 Å². The van der Waals surface area contributed by atoms with Gasteiger partial charge in [-0.1, -0.05) is 47.1 Å². The van der Waals surface area contributed by atoms with Gasteiger partial charge >= 0.3 is 0 Å². The first kappa shape index (κ1) is 19.3. The number of rotatable bonds is 5. The molecule has 0 atom stereocenters. The van der Waals surface area contributed by atoms with Crippen LogP contribution in [-0.4, -0.2) is 5.91 Å². The van der Waals surface area contributed by atoms with Gasteiger partial charge in [0.15, 0.2) is 0 Å². The van der Waals surface area contributed by atoms with Crippen LogP contribution in [0.25, 0.3) is 0 Å². The molecule has 6 heteroatoms. The van der Waals surface area contributed by atoms with Crippen molar-refractivity contribution in [3.8, 4) is 0 Å². The minimum atomic E-state index is -0.412. The monoisotopic (exact) mass is 400 g/mol. The van der Waals surface area contributed by atoms with E-state index in [9.17, 15) is 9.18 Å². The molecule has 0 heterocycles. The minimum absolute atomic E-state index is 0.206. The molecule has 27 heavy (non-hydrogen) atoms. The summed E-state index contributed by atoms with van der Waals surface area (Å²) in [5.41, 5.74) is 8.95. The van der Waals surface area contributed by atoms with Gasteiger partial charge in [-0.3, -0.25) is 4.79 Å². The van der Waals surface area contributed by atoms with Gasteiger partial charge < -0.3 is 11.1 Å². The van der Waals surface area contributed by atoms with Crippen molar-refractivity contribution < 1.29 is 9.18 Å². The number of nitrogen functional groups attached to an aromatic ring is 1. The standard InChI is InChI=1S/C21H18ClFN2OS/c1-13-2-7-17(8-3-13)27-20-9-5-14(10-19(20)24)21(26)25-12-15-4-6-16(23)11-18(15)22/h2-11H,12,24H2,1H3,(H,25,26). The van der Waals surface area contributed by atoms with Crippen LogP contribution in [0.2, 0.25) is 5.02 Å². The lowest BCUT2D eigenvalue weighted by Crippen LogP contribution is -2.23. The van der Waals surface area contributed by atoms with E-state index in [2.05, 4.69) is 5.32 Å². The van der Waals surface area contributed by atoms with E-state index in [1.807, 2.05) is 37.3 Å². The van der Waals surface area contributed by atoms with E-state index in [0.717, 1.165) is 9.79 Å². The fraction of sp³-hybridized carbons (Fsp3) is 0.0952. The van der Waals surface area contributed by atoms with Crippen molar-refractivity contribution in [2.24, 2.45) is 0 Å². The van der Waals surface area contributed by atoms with E-state index < -0.39 is 5.82 Å². The Balaban J connectivity index is 1.67. The molecular weight excluding hydrogens is 383 g/mol. The second kappa shape index (κ2) is 8.46. The Labute approximate surface area is 166 Å². The molecule has 0 spiro atoms. The van der Waals surface area contributed by atoms with E-state index in [1.165, 1.54) is 17.7 Å². The SMILES string of the molecule is Cc1ccc(Sc2ccc(C(=O)NCc3ccc(F)cc3Cl)cc2N)cc1. The van der Waals surface area contributed by atoms with Gasteiger partial charge in [0.25, 0.3) is 5.91 Å². The van der Waals surface area contributed by atoms with Gasteiger partial charge in [-0.25, -0.2) is 4.39 Å². The molecule has 0 aliphatic carbocycles. The van der Waals surface area contributed by atoms with E-state index >= 15 is 0 Å². The summed E-state index contributed by atoms with van der Waals surface area (Å²) in [6, 6.07) is 17.4. The van der Waals surface area contributed by atoms with E-state index in [1.54, 1.807) is 30.0 Å². The third-order valence-corrected chi connectivity index (χ3v) is 5.43. The summed E-state index contributed by atoms with van der Waals surface area (Å²) in [4.78, 5) is 14.3. The quantitative estimate of drug-likeness (QED) is 0.560. The highest BCUT2D eigenvalue weighted by atomic mass is 35.5. The molecule has 0 aromatic heterocycles. The molecule has 138 valence electrons. The van der Waals surface area contributed by atoms with Crippen LogP contribution >= 0.6 is 23.4 Å². The first-order valence-electron chi connectivity index (χ1n) is 8.28. The predicted molar refractivity (Wildman–Crippen MR) is 109 cm³/mol. The molecule has 3 rings (SSSR count). The van der Waals surface area contributed by atoms with E-state index in [-0.39, 0.29) is 17.5 Å². The zero-order valence-electron chi connectivity index (χ0n) is 14.6. The molecule has 0 aliphatic heterocycles. The molecule has 0 saturated carbocycles. The number of anilines is 1. The molecule has 0 radical (unpaired) electrons. The zero-order chi connectivity index (χ0) is 19.4. The van der Waals surface area contributed by atoms with Crippen LogP contribution < -0.4 is 11.1 Å². The third-order valence-electron chi connectivity index (χ3n) is 3.98. The predicted octanol–water partition coefficient (Wildman–Crippen LogP) is 5.45. The molecule has 3 aromatic rings. The van der Waals surface area contributed by atoms with Crippen molar-refractivity contribution >= 4 is 35.0 Å². The van der Waals surface area contributed by atoms with Gasteiger partial charge in [0.1, 0.15) is 5.82 Å². The number of hydrogen-bond acceptors (Lipinski definition) is 3. The van der Waals surface area contributed by atoms with E-state index in [0.29, 0.717) is 16.8 Å². The summed E-state index contributed by atoms with van der Waals surface area (Å²) in [6.45, 7) is 2.24. The van der Waals surface area contributed by atoms with Gasteiger partial charge in [-0.15, -0.1) is 0 Å². The van der Waals surface area contributed by atoms with Crippen LogP contribution in [0.15, 0.2) is 70.5 Å². The minimum Gasteiger partial charge on any atom is -0.398 e. The average Bonchev–Trinajstić information content (AvgIpc) is 2.64. The van der Waals surface area contributed by atoms with Crippen LogP contribution in [0.5, 0.6) is 0 Å². The second-order valence-electron chi connectivity index (χ2n) is 6.09. The summed E-state index contributed by atoms with van der Waals surface area (Å²) >= 11 is 7.52. The van der Waals surface area contributed by atoms with Crippen LogP contribution in [0.1, 0.15) is 21.5 Å². The number of amides is 1. The highest BCUT2D eigenvalue weighted by Gasteiger charge is 2.10. The molecule has 0 saturated heterocycles. The smallest absolute Gasteiger partial charge is 0.251 e. The van der Waals surface area contributed by atoms with Crippen molar-refractivity contribution in [2.45, 2.75) is 23.3 Å². The summed E-state index contributed by atoms with van der Waals surface area (Å²) in [6.07, 6.45) is 0. The summed E-state index contributed by atoms with van der Waals surface area (Å²) in [5, 5.41) is 3.05. The van der Waals surface area contributed by atoms with Crippen molar-refractivity contribution in [3.05, 3.63) is 88.2 Å². The largest absolute Gasteiger partial charge is 0.398 e. The van der Waals surface area contributed by atoms with Crippen LogP contribution in [0.3, 0.4) is 0 Å². The summed E-state index contributed by atoms with van der Waals surface area (Å²) in [5.74, 6) is -0.682. The number of carbonyl (C=O) groups is 1. The summed E-state index contributed by atoms with van der Waals surface area (Å²) in [7, 11) is 0. The maximum absolute atomic E-state index is 13.1. The van der Waals surface area contributed by atoms with Crippen molar-refractivity contribution in [2.75, 3.05) is 5.73 Å². The third kappa shape index (κ3) is 5.02. The highest BCUT2D eigenvalue weighted by molar-refractivity contribution is 7.99. The Bertz CT molecular complexity index is 976. The average molecular weight is 401 g/mol. The molecule has 3 aromatic carbocycles. The van der Waals surface area contributed by atoms with Gasteiger partial charge in [0.2, 0.25) is 0 Å². The van der Waals surface area contributed by atoms with Gasteiger partial charge in [-0.05, 0) is 55.0 Å². The normalized spacial score (nSPS) is 10.6. The first-order valence-corrected chi connectivity index (χ1v) is 9.48. The van der Waals surface area contributed by atoms with Crippen molar-refractivity contribution in [1.82, 2.24) is 5.32 Å². The number of carbonyl (C=O) groups excluding carboxylic acids is 1. The number of aryl methyl sites for hydroxylation is 1. The van der Waals surface area contributed by atoms with Crippen molar-refractivity contribution in [3.63, 3.8) is 0 Å². The fourth-order valence-electron chi connectivity index (χ4n) is 2.46. The Morgan fingerprint density at radius 2 is 1.85 bits per heavy atom. The number of halogens is 2. The molecule has 0 unspecified atom stereocenters. The zero-order valence-corrected chi connectivity index (χ0v) is 16.2. The second-order valence-corrected chi connectivity index (χ2v) is 7.61. The molecule has 0 fully saturated rings. The molecule has 3 N–H and O–H groups in total. The number of benzene rings is 3. The number of hydrogen-bond donors (Lipinski definition) is 2. The Hall–Kier alpha value is -2.50. The van der Waals surface area contributed by atoms with Gasteiger partial charge in [-0.2, -0.15) is 0 Å². The fourth-order valence-corrected chi connectivity index (χ4v) is 3.53. The molecule has 3 nitrogen and oxygen atoms in total. The lowest BCUT2D eigenvalue weighted by atomic mass is 10.1. The lowest BCUT2D eigenvalue weighted by Gasteiger charge is -2.10. The summed E-state index contributed by atoms with van der Waals surface area (Å²) < 4.78 is 13.1. The Morgan fingerprint density at radius 3 is 2.52 bits per heavy atom. The molecule has 0 aliphatic rings. The Morgan fingerprint density at radius 1 is 1.11 bits per heavy atom. The topological polar surface area (TPSA) is 55.1 Å². The maximum Gasteiger partial charge on any atom is 0.251 e. The van der Waals surface area contributed by atoms with Crippen molar-refractivity contribution in [1.29, 1.82) is 0 Å². The van der Waals surface area contributed by atoms with Crippen LogP contribution in [0, 0.1) is 12.7 Å². The molecule has 0 bridgehead atoms. The van der Waals surface area contributed by atoms with E-state index in [4.69, 9.17) is 17.3 Å². The first-order chi connectivity index (χ1) is 12.9. The van der Waals surface area contributed by atoms with Gasteiger partial charge in [0, 0.05) is 32.6 Å². The molecular formula is C21H18ClFN2OS. The van der Waals surface area contributed by atoms with Crippen LogP contribution in [-0.2, 0) is 6.54 Å². The van der Waals surface area contributed by atoms with Crippen LogP contribution in [0.4, 0.5) is 10.1 Å². The lowest BCUT2D eigenvalue weighted by molar-refractivity contribution is 0.0951. The number of nitrogens with two attached hydrogens (primary N) is 1. The maximum atomic E-state index is 13.1. The highest BCUT2D eigenvalue weighted by Crippen LogP contribution is 2.32. The number of nitrogens with one attached hydrogen (secondary N) is 1.